The molecule has 4 aromatic rings. The average molecular weight is 430 g/mol. The lowest BCUT2D eigenvalue weighted by Gasteiger charge is -2.24. The lowest BCUT2D eigenvalue weighted by molar-refractivity contribution is -0.131. The van der Waals surface area contributed by atoms with Gasteiger partial charge in [-0.2, -0.15) is 0 Å². The summed E-state index contributed by atoms with van der Waals surface area (Å²) in [6.07, 6.45) is 0.331. The third-order valence-electron chi connectivity index (χ3n) is 5.39. The van der Waals surface area contributed by atoms with Crippen molar-refractivity contribution in [1.29, 1.82) is 0 Å². The minimum atomic E-state index is 0.0751. The number of nitrogens with zero attached hydrogens (tertiary/aromatic N) is 1. The third kappa shape index (κ3) is 5.25. The van der Waals surface area contributed by atoms with Crippen LogP contribution in [0.25, 0.3) is 10.8 Å². The summed E-state index contributed by atoms with van der Waals surface area (Å²) in [4.78, 5) is 15.2. The Morgan fingerprint density at radius 2 is 1.48 bits per heavy atom. The van der Waals surface area contributed by atoms with E-state index >= 15 is 0 Å². The van der Waals surface area contributed by atoms with Crippen molar-refractivity contribution in [3.63, 3.8) is 0 Å². The van der Waals surface area contributed by atoms with Crippen LogP contribution in [0.1, 0.15) is 16.7 Å². The van der Waals surface area contributed by atoms with Crippen molar-refractivity contribution in [2.24, 2.45) is 0 Å². The first-order chi connectivity index (χ1) is 15.1. The molecule has 31 heavy (non-hydrogen) atoms. The Morgan fingerprint density at radius 3 is 2.23 bits per heavy atom. The van der Waals surface area contributed by atoms with Crippen LogP contribution in [0, 0.1) is 0 Å². The molecule has 0 unspecified atom stereocenters. The summed E-state index contributed by atoms with van der Waals surface area (Å²) in [6.45, 7) is 1.07. The Balaban J connectivity index is 1.62. The summed E-state index contributed by atoms with van der Waals surface area (Å²) in [5.74, 6) is 0.878. The summed E-state index contributed by atoms with van der Waals surface area (Å²) in [5.41, 5.74) is 3.15. The Kier molecular flexibility index (Phi) is 6.54. The molecule has 0 saturated carbocycles. The molecule has 0 atom stereocenters. The van der Waals surface area contributed by atoms with Crippen molar-refractivity contribution in [2.45, 2.75) is 19.5 Å². The maximum absolute atomic E-state index is 13.3. The number of hydrogen-bond acceptors (Lipinski definition) is 2. The molecule has 0 bridgehead atoms. The molecule has 0 aliphatic carbocycles. The van der Waals surface area contributed by atoms with E-state index in [0.717, 1.165) is 22.4 Å². The zero-order chi connectivity index (χ0) is 21.6. The second-order valence-electron chi connectivity index (χ2n) is 7.54. The van der Waals surface area contributed by atoms with Crippen LogP contribution in [0.3, 0.4) is 0 Å². The van der Waals surface area contributed by atoms with E-state index in [1.54, 1.807) is 7.11 Å². The van der Waals surface area contributed by atoms with Gasteiger partial charge in [0.2, 0.25) is 5.91 Å². The van der Waals surface area contributed by atoms with Crippen LogP contribution in [0.15, 0.2) is 91.0 Å². The summed E-state index contributed by atoms with van der Waals surface area (Å²) in [7, 11) is 1.65. The van der Waals surface area contributed by atoms with Crippen molar-refractivity contribution in [2.75, 3.05) is 7.11 Å². The zero-order valence-electron chi connectivity index (χ0n) is 17.4. The van der Waals surface area contributed by atoms with Crippen LogP contribution >= 0.6 is 11.6 Å². The topological polar surface area (TPSA) is 29.5 Å². The summed E-state index contributed by atoms with van der Waals surface area (Å²) >= 11 is 6.00. The van der Waals surface area contributed by atoms with Crippen molar-refractivity contribution in [1.82, 2.24) is 4.90 Å². The van der Waals surface area contributed by atoms with E-state index in [4.69, 9.17) is 16.3 Å². The van der Waals surface area contributed by atoms with Crippen LogP contribution in [0.2, 0.25) is 5.02 Å². The minimum Gasteiger partial charge on any atom is -0.497 e. The molecule has 156 valence electrons. The molecular formula is C27H24ClNO2. The molecule has 0 N–H and O–H groups in total. The predicted molar refractivity (Wildman–Crippen MR) is 126 cm³/mol. The molecule has 0 aliphatic heterocycles. The smallest absolute Gasteiger partial charge is 0.227 e. The molecule has 0 saturated heterocycles. The number of carbonyl (C=O) groups excluding carboxylic acids is 1. The number of hydrogen-bond donors (Lipinski definition) is 0. The van der Waals surface area contributed by atoms with Gasteiger partial charge in [0.1, 0.15) is 5.75 Å². The fourth-order valence-electron chi connectivity index (χ4n) is 3.71. The summed E-state index contributed by atoms with van der Waals surface area (Å²) in [6, 6.07) is 29.8. The van der Waals surface area contributed by atoms with Gasteiger partial charge in [-0.1, -0.05) is 78.3 Å². The Morgan fingerprint density at radius 1 is 0.806 bits per heavy atom. The largest absolute Gasteiger partial charge is 0.497 e. The van der Waals surface area contributed by atoms with Crippen molar-refractivity contribution in [3.8, 4) is 5.75 Å². The van der Waals surface area contributed by atoms with Gasteiger partial charge < -0.3 is 9.64 Å². The van der Waals surface area contributed by atoms with E-state index in [2.05, 4.69) is 24.3 Å². The molecule has 0 spiro atoms. The van der Waals surface area contributed by atoms with E-state index in [-0.39, 0.29) is 5.91 Å². The number of amides is 1. The molecule has 1 amide bonds. The SMILES string of the molecule is COc1ccc(CN(Cc2cccc3ccccc23)C(=O)Cc2ccc(Cl)cc2)cc1. The highest BCUT2D eigenvalue weighted by molar-refractivity contribution is 6.30. The van der Waals surface area contributed by atoms with Crippen LogP contribution in [0.5, 0.6) is 5.75 Å². The van der Waals surface area contributed by atoms with E-state index in [0.29, 0.717) is 24.5 Å². The predicted octanol–water partition coefficient (Wildman–Crippen LogP) is 6.27. The van der Waals surface area contributed by atoms with Gasteiger partial charge >= 0.3 is 0 Å². The molecule has 4 heteroatoms. The van der Waals surface area contributed by atoms with E-state index in [1.165, 1.54) is 10.8 Å². The number of halogens is 1. The second-order valence-corrected chi connectivity index (χ2v) is 7.98. The van der Waals surface area contributed by atoms with Crippen LogP contribution in [0.4, 0.5) is 0 Å². The molecular weight excluding hydrogens is 406 g/mol. The average Bonchev–Trinajstić information content (AvgIpc) is 2.81. The van der Waals surface area contributed by atoms with E-state index < -0.39 is 0 Å². The molecule has 0 radical (unpaired) electrons. The lowest BCUT2D eigenvalue weighted by Crippen LogP contribution is -2.31. The monoisotopic (exact) mass is 429 g/mol. The van der Waals surface area contributed by atoms with Gasteiger partial charge in [0.05, 0.1) is 13.5 Å². The minimum absolute atomic E-state index is 0.0751. The highest BCUT2D eigenvalue weighted by atomic mass is 35.5. The Hall–Kier alpha value is -3.30. The van der Waals surface area contributed by atoms with E-state index in [9.17, 15) is 4.79 Å². The fraction of sp³-hybridized carbons (Fsp3) is 0.148. The first kappa shape index (κ1) is 21.0. The standard InChI is InChI=1S/C27H24ClNO2/c1-31-25-15-11-21(12-16-25)18-29(27(30)17-20-9-13-24(28)14-10-20)19-23-7-4-6-22-5-2-3-8-26(22)23/h2-16H,17-19H2,1H3. The lowest BCUT2D eigenvalue weighted by atomic mass is 10.0. The molecule has 3 nitrogen and oxygen atoms in total. The molecule has 4 rings (SSSR count). The van der Waals surface area contributed by atoms with Gasteiger partial charge in [-0.25, -0.2) is 0 Å². The highest BCUT2D eigenvalue weighted by Crippen LogP contribution is 2.22. The molecule has 0 aromatic heterocycles. The number of methoxy groups -OCH3 is 1. The van der Waals surface area contributed by atoms with E-state index in [1.807, 2.05) is 71.6 Å². The quantitative estimate of drug-likeness (QED) is 0.346. The van der Waals surface area contributed by atoms with Crippen LogP contribution in [-0.2, 0) is 24.3 Å². The summed E-state index contributed by atoms with van der Waals surface area (Å²) < 4.78 is 5.26. The number of benzene rings is 4. The fourth-order valence-corrected chi connectivity index (χ4v) is 3.83. The summed E-state index contributed by atoms with van der Waals surface area (Å²) in [5, 5.41) is 3.01. The molecule has 0 aliphatic rings. The molecule has 0 heterocycles. The van der Waals surface area contributed by atoms with Crippen molar-refractivity contribution >= 4 is 28.3 Å². The van der Waals surface area contributed by atoms with Gasteiger partial charge in [0.15, 0.2) is 0 Å². The van der Waals surface area contributed by atoms with Gasteiger partial charge in [-0.3, -0.25) is 4.79 Å². The highest BCUT2D eigenvalue weighted by Gasteiger charge is 2.17. The Labute approximate surface area is 187 Å². The number of ether oxygens (including phenoxy) is 1. The van der Waals surface area contributed by atoms with Gasteiger partial charge in [0, 0.05) is 18.1 Å². The van der Waals surface area contributed by atoms with Gasteiger partial charge in [-0.15, -0.1) is 0 Å². The number of carbonyl (C=O) groups is 1. The molecule has 4 aromatic carbocycles. The third-order valence-corrected chi connectivity index (χ3v) is 5.65. The first-order valence-electron chi connectivity index (χ1n) is 10.2. The van der Waals surface area contributed by atoms with Crippen LogP contribution < -0.4 is 4.74 Å². The molecule has 0 fully saturated rings. The zero-order valence-corrected chi connectivity index (χ0v) is 18.2. The second kappa shape index (κ2) is 9.67. The van der Waals surface area contributed by atoms with Crippen molar-refractivity contribution in [3.05, 3.63) is 113 Å². The van der Waals surface area contributed by atoms with Crippen LogP contribution in [-0.4, -0.2) is 17.9 Å². The maximum atomic E-state index is 13.3. The maximum Gasteiger partial charge on any atom is 0.227 e. The normalized spacial score (nSPS) is 10.8. The number of rotatable bonds is 7. The van der Waals surface area contributed by atoms with Crippen molar-refractivity contribution < 1.29 is 9.53 Å². The van der Waals surface area contributed by atoms with Gasteiger partial charge in [-0.05, 0) is 51.7 Å². The first-order valence-corrected chi connectivity index (χ1v) is 10.6. The van der Waals surface area contributed by atoms with Gasteiger partial charge in [0.25, 0.3) is 0 Å². The number of fused-ring (bicyclic) bond motifs is 1. The Bertz CT molecular complexity index is 1160.